The van der Waals surface area contributed by atoms with Gasteiger partial charge in [0.2, 0.25) is 0 Å². The molecule has 1 amide bonds. The Kier molecular flexibility index (Phi) is 5.37. The molecule has 1 rings (SSSR count). The molecule has 19 heavy (non-hydrogen) atoms. The maximum atomic E-state index is 11.7. The summed E-state index contributed by atoms with van der Waals surface area (Å²) in [5.74, 6) is -2.82. The molecule has 0 saturated heterocycles. The molecule has 0 unspecified atom stereocenters. The number of carboxylic acids is 2. The normalized spacial score (nSPS) is 11.8. The zero-order valence-electron chi connectivity index (χ0n) is 9.85. The first-order chi connectivity index (χ1) is 8.90. The first kappa shape index (κ1) is 15.0. The molecule has 0 spiro atoms. The monoisotopic (exact) mass is 288 g/mol. The van der Waals surface area contributed by atoms with E-state index in [9.17, 15) is 14.4 Å². The molecule has 0 radical (unpaired) electrons. The second-order valence-electron chi connectivity index (χ2n) is 3.88. The van der Waals surface area contributed by atoms with Gasteiger partial charge >= 0.3 is 11.9 Å². The van der Waals surface area contributed by atoms with E-state index in [2.05, 4.69) is 10.3 Å². The maximum Gasteiger partial charge on any atom is 0.326 e. The third-order valence-corrected chi connectivity index (χ3v) is 2.60. The van der Waals surface area contributed by atoms with Crippen molar-refractivity contribution in [1.29, 1.82) is 0 Å². The standard InChI is InChI=1S/C11H13ClN2O5/c12-6-4-8(13-5-6)10(17)14-7(11(18)19)2-1-3-9(15)16/h4-5,7,13H,1-3H2,(H,14,17)(H,15,16)(H,18,19)/t7-/m1/s1. The zero-order valence-corrected chi connectivity index (χ0v) is 10.6. The minimum atomic E-state index is -1.21. The Morgan fingerprint density at radius 2 is 2.05 bits per heavy atom. The van der Waals surface area contributed by atoms with Crippen LogP contribution in [0, 0.1) is 0 Å². The van der Waals surface area contributed by atoms with Gasteiger partial charge in [-0.3, -0.25) is 9.59 Å². The lowest BCUT2D eigenvalue weighted by Crippen LogP contribution is -2.40. The van der Waals surface area contributed by atoms with Crippen molar-refractivity contribution < 1.29 is 24.6 Å². The van der Waals surface area contributed by atoms with Crippen LogP contribution in [0.2, 0.25) is 5.02 Å². The second kappa shape index (κ2) is 6.79. The van der Waals surface area contributed by atoms with Gasteiger partial charge in [0.05, 0.1) is 5.02 Å². The molecule has 0 aliphatic rings. The highest BCUT2D eigenvalue weighted by atomic mass is 35.5. The average molecular weight is 289 g/mol. The highest BCUT2D eigenvalue weighted by molar-refractivity contribution is 6.30. The number of aliphatic carboxylic acids is 2. The highest BCUT2D eigenvalue weighted by Gasteiger charge is 2.21. The SMILES string of the molecule is O=C(O)CCC[C@@H](NC(=O)c1cc(Cl)c[nH]1)C(=O)O. The van der Waals surface area contributed by atoms with Crippen LogP contribution in [0.3, 0.4) is 0 Å². The third kappa shape index (κ3) is 5.01. The van der Waals surface area contributed by atoms with Crippen LogP contribution in [0.4, 0.5) is 0 Å². The van der Waals surface area contributed by atoms with Gasteiger partial charge in [-0.1, -0.05) is 11.6 Å². The molecule has 0 bridgehead atoms. The molecule has 0 saturated carbocycles. The van der Waals surface area contributed by atoms with E-state index in [-0.39, 0.29) is 25.0 Å². The number of aromatic amines is 1. The number of hydrogen-bond donors (Lipinski definition) is 4. The summed E-state index contributed by atoms with van der Waals surface area (Å²) in [6.45, 7) is 0. The number of carboxylic acid groups (broad SMARTS) is 2. The van der Waals surface area contributed by atoms with Crippen LogP contribution < -0.4 is 5.32 Å². The number of carbonyl (C=O) groups excluding carboxylic acids is 1. The van der Waals surface area contributed by atoms with Crippen molar-refractivity contribution in [2.45, 2.75) is 25.3 Å². The molecule has 104 valence electrons. The van der Waals surface area contributed by atoms with Crippen LogP contribution in [-0.2, 0) is 9.59 Å². The Labute approximate surface area is 113 Å². The van der Waals surface area contributed by atoms with E-state index in [1.54, 1.807) is 0 Å². The van der Waals surface area contributed by atoms with E-state index >= 15 is 0 Å². The van der Waals surface area contributed by atoms with E-state index in [0.717, 1.165) is 0 Å². The van der Waals surface area contributed by atoms with Crippen molar-refractivity contribution >= 4 is 29.4 Å². The van der Waals surface area contributed by atoms with Crippen LogP contribution in [0.15, 0.2) is 12.3 Å². The van der Waals surface area contributed by atoms with Crippen molar-refractivity contribution in [2.24, 2.45) is 0 Å². The van der Waals surface area contributed by atoms with Crippen molar-refractivity contribution in [3.8, 4) is 0 Å². The van der Waals surface area contributed by atoms with E-state index in [1.807, 2.05) is 0 Å². The number of aromatic nitrogens is 1. The summed E-state index contributed by atoms with van der Waals surface area (Å²) in [4.78, 5) is 35.6. The van der Waals surface area contributed by atoms with Crippen LogP contribution in [0.25, 0.3) is 0 Å². The number of halogens is 1. The van der Waals surface area contributed by atoms with Gasteiger partial charge in [0.25, 0.3) is 5.91 Å². The summed E-state index contributed by atoms with van der Waals surface area (Å²) in [5, 5.41) is 20.0. The maximum absolute atomic E-state index is 11.7. The van der Waals surface area contributed by atoms with Gasteiger partial charge in [0, 0.05) is 12.6 Å². The van der Waals surface area contributed by atoms with E-state index in [0.29, 0.717) is 5.02 Å². The van der Waals surface area contributed by atoms with Crippen LogP contribution in [0.1, 0.15) is 29.8 Å². The smallest absolute Gasteiger partial charge is 0.326 e. The lowest BCUT2D eigenvalue weighted by atomic mass is 10.1. The molecule has 0 aromatic carbocycles. The van der Waals surface area contributed by atoms with Gasteiger partial charge < -0.3 is 20.5 Å². The van der Waals surface area contributed by atoms with Crippen molar-refractivity contribution in [2.75, 3.05) is 0 Å². The topological polar surface area (TPSA) is 119 Å². The molecule has 7 nitrogen and oxygen atoms in total. The fraction of sp³-hybridized carbons (Fsp3) is 0.364. The predicted octanol–water partition coefficient (Wildman–Crippen LogP) is 1.11. The fourth-order valence-corrected chi connectivity index (χ4v) is 1.61. The first-order valence-electron chi connectivity index (χ1n) is 5.49. The van der Waals surface area contributed by atoms with Gasteiger partial charge in [0.1, 0.15) is 11.7 Å². The third-order valence-electron chi connectivity index (χ3n) is 2.38. The number of hydrogen-bond acceptors (Lipinski definition) is 3. The number of amides is 1. The molecular weight excluding hydrogens is 276 g/mol. The summed E-state index contributed by atoms with van der Waals surface area (Å²) < 4.78 is 0. The Morgan fingerprint density at radius 1 is 1.37 bits per heavy atom. The number of carbonyl (C=O) groups is 3. The quantitative estimate of drug-likeness (QED) is 0.599. The Morgan fingerprint density at radius 3 is 2.53 bits per heavy atom. The van der Waals surface area contributed by atoms with Gasteiger partial charge in [-0.05, 0) is 18.9 Å². The van der Waals surface area contributed by atoms with Gasteiger partial charge in [-0.25, -0.2) is 4.79 Å². The molecule has 0 fully saturated rings. The molecule has 8 heteroatoms. The number of nitrogens with one attached hydrogen (secondary N) is 2. The van der Waals surface area contributed by atoms with E-state index < -0.39 is 23.9 Å². The highest BCUT2D eigenvalue weighted by Crippen LogP contribution is 2.10. The van der Waals surface area contributed by atoms with Crippen LogP contribution in [0.5, 0.6) is 0 Å². The molecular formula is C11H13ClN2O5. The minimum Gasteiger partial charge on any atom is -0.481 e. The average Bonchev–Trinajstić information content (AvgIpc) is 2.73. The number of rotatable bonds is 7. The molecule has 1 atom stereocenters. The van der Waals surface area contributed by atoms with Crippen molar-refractivity contribution in [3.05, 3.63) is 23.0 Å². The van der Waals surface area contributed by atoms with Crippen LogP contribution >= 0.6 is 11.6 Å². The summed E-state index contributed by atoms with van der Waals surface area (Å²) in [6, 6.07) is 0.237. The zero-order chi connectivity index (χ0) is 14.4. The molecule has 1 aromatic heterocycles. The van der Waals surface area contributed by atoms with Gasteiger partial charge in [0.15, 0.2) is 0 Å². The summed E-state index contributed by atoms with van der Waals surface area (Å²) in [7, 11) is 0. The summed E-state index contributed by atoms with van der Waals surface area (Å²) in [5.41, 5.74) is 0.148. The summed E-state index contributed by atoms with van der Waals surface area (Å²) >= 11 is 5.63. The lowest BCUT2D eigenvalue weighted by molar-refractivity contribution is -0.140. The molecule has 4 N–H and O–H groups in total. The fourth-order valence-electron chi connectivity index (χ4n) is 1.45. The first-order valence-corrected chi connectivity index (χ1v) is 5.87. The molecule has 0 aliphatic heterocycles. The largest absolute Gasteiger partial charge is 0.481 e. The lowest BCUT2D eigenvalue weighted by Gasteiger charge is -2.13. The van der Waals surface area contributed by atoms with Crippen LogP contribution in [-0.4, -0.2) is 39.1 Å². The van der Waals surface area contributed by atoms with Crippen molar-refractivity contribution in [3.63, 3.8) is 0 Å². The van der Waals surface area contributed by atoms with E-state index in [1.165, 1.54) is 12.3 Å². The van der Waals surface area contributed by atoms with Gasteiger partial charge in [-0.2, -0.15) is 0 Å². The second-order valence-corrected chi connectivity index (χ2v) is 4.32. The summed E-state index contributed by atoms with van der Waals surface area (Å²) in [6.07, 6.45) is 1.46. The molecule has 0 aliphatic carbocycles. The minimum absolute atomic E-state index is 0.0435. The Bertz CT molecular complexity index is 485. The Hall–Kier alpha value is -2.02. The number of H-pyrrole nitrogens is 1. The van der Waals surface area contributed by atoms with E-state index in [4.69, 9.17) is 21.8 Å². The molecule has 1 aromatic rings. The van der Waals surface area contributed by atoms with Gasteiger partial charge in [-0.15, -0.1) is 0 Å². The van der Waals surface area contributed by atoms with Crippen molar-refractivity contribution in [1.82, 2.24) is 10.3 Å². The molecule has 1 heterocycles. The predicted molar refractivity (Wildman–Crippen MR) is 66.2 cm³/mol. The Balaban J connectivity index is 2.55.